The van der Waals surface area contributed by atoms with Crippen molar-refractivity contribution in [2.45, 2.75) is 12.3 Å². The van der Waals surface area contributed by atoms with Gasteiger partial charge in [0.25, 0.3) is 0 Å². The first-order valence-corrected chi connectivity index (χ1v) is 10.8. The van der Waals surface area contributed by atoms with E-state index in [1.165, 1.54) is 23.1 Å². The van der Waals surface area contributed by atoms with Crippen molar-refractivity contribution in [2.24, 2.45) is 10.9 Å². The highest BCUT2D eigenvalue weighted by atomic mass is 35.5. The first-order valence-electron chi connectivity index (χ1n) is 9.48. The molecule has 7 nitrogen and oxygen atoms in total. The van der Waals surface area contributed by atoms with E-state index in [-0.39, 0.29) is 22.5 Å². The zero-order valence-corrected chi connectivity index (χ0v) is 17.9. The topological polar surface area (TPSA) is 85.8 Å². The SMILES string of the molecule is O=C(CSC1=NC2NNCC2C(=O)N1c1cccc(Cl)c1)Nc1ccccc1C(F)(F)F. The molecule has 0 aromatic heterocycles. The molecule has 1 saturated heterocycles. The van der Waals surface area contributed by atoms with Gasteiger partial charge in [-0.05, 0) is 30.3 Å². The third kappa shape index (κ3) is 4.75. The van der Waals surface area contributed by atoms with Gasteiger partial charge < -0.3 is 5.32 Å². The Hall–Kier alpha value is -2.60. The van der Waals surface area contributed by atoms with Crippen LogP contribution in [0, 0.1) is 5.92 Å². The van der Waals surface area contributed by atoms with Gasteiger partial charge in [-0.3, -0.25) is 19.9 Å². The lowest BCUT2D eigenvalue weighted by Crippen LogP contribution is -2.49. The van der Waals surface area contributed by atoms with Gasteiger partial charge in [0.1, 0.15) is 6.17 Å². The molecule has 3 N–H and O–H groups in total. The predicted molar refractivity (Wildman–Crippen MR) is 117 cm³/mol. The van der Waals surface area contributed by atoms with Crippen LogP contribution in [0.3, 0.4) is 0 Å². The highest BCUT2D eigenvalue weighted by molar-refractivity contribution is 8.14. The minimum absolute atomic E-state index is 0.227. The number of hydrazine groups is 1. The van der Waals surface area contributed by atoms with Crippen LogP contribution in [-0.2, 0) is 15.8 Å². The number of amidine groups is 1. The van der Waals surface area contributed by atoms with Crippen molar-refractivity contribution in [1.82, 2.24) is 10.9 Å². The normalized spacial score (nSPS) is 20.7. The van der Waals surface area contributed by atoms with Crippen LogP contribution in [0.15, 0.2) is 53.5 Å². The second-order valence-corrected chi connectivity index (χ2v) is 8.40. The summed E-state index contributed by atoms with van der Waals surface area (Å²) in [6.07, 6.45) is -5.11. The zero-order chi connectivity index (χ0) is 22.9. The number of nitrogens with zero attached hydrogens (tertiary/aromatic N) is 2. The molecule has 2 atom stereocenters. The van der Waals surface area contributed by atoms with Crippen LogP contribution in [0.25, 0.3) is 0 Å². The highest BCUT2D eigenvalue weighted by Crippen LogP contribution is 2.35. The number of aliphatic imine (C=N–C) groups is 1. The number of amides is 2. The standard InChI is InChI=1S/C20H17ClF3N5O2S/c21-11-4-3-5-12(8-11)29-18(31)13-9-25-28-17(13)27-19(29)32-10-16(30)26-15-7-2-1-6-14(15)20(22,23)24/h1-8,13,17,25,28H,9-10H2,(H,26,30). The lowest BCUT2D eigenvalue weighted by molar-refractivity contribution is -0.137. The van der Waals surface area contributed by atoms with Crippen LogP contribution in [0.1, 0.15) is 5.56 Å². The molecule has 0 aliphatic carbocycles. The number of benzene rings is 2. The van der Waals surface area contributed by atoms with E-state index in [1.807, 2.05) is 0 Å². The van der Waals surface area contributed by atoms with Gasteiger partial charge in [0.05, 0.1) is 28.6 Å². The van der Waals surface area contributed by atoms with E-state index >= 15 is 0 Å². The molecule has 0 bridgehead atoms. The number of hydrogen-bond donors (Lipinski definition) is 3. The van der Waals surface area contributed by atoms with Crippen LogP contribution in [0.2, 0.25) is 5.02 Å². The number of rotatable bonds is 4. The van der Waals surface area contributed by atoms with Crippen molar-refractivity contribution < 1.29 is 22.8 Å². The Morgan fingerprint density at radius 1 is 1.25 bits per heavy atom. The molecular weight excluding hydrogens is 467 g/mol. The van der Waals surface area contributed by atoms with E-state index in [2.05, 4.69) is 21.2 Å². The average molecular weight is 484 g/mol. The summed E-state index contributed by atoms with van der Waals surface area (Å²) in [5.41, 5.74) is 5.01. The summed E-state index contributed by atoms with van der Waals surface area (Å²) in [5, 5.41) is 2.96. The van der Waals surface area contributed by atoms with E-state index < -0.39 is 29.7 Å². The van der Waals surface area contributed by atoms with E-state index in [0.717, 1.165) is 17.8 Å². The number of fused-ring (bicyclic) bond motifs is 1. The average Bonchev–Trinajstić information content (AvgIpc) is 3.21. The molecule has 168 valence electrons. The van der Waals surface area contributed by atoms with Crippen molar-refractivity contribution in [3.63, 3.8) is 0 Å². The third-order valence-electron chi connectivity index (χ3n) is 4.84. The van der Waals surface area contributed by atoms with Crippen LogP contribution in [0.5, 0.6) is 0 Å². The Morgan fingerprint density at radius 2 is 2.03 bits per heavy atom. The van der Waals surface area contributed by atoms with Crippen LogP contribution in [-0.4, -0.2) is 35.4 Å². The lowest BCUT2D eigenvalue weighted by atomic mass is 10.0. The van der Waals surface area contributed by atoms with E-state index in [1.54, 1.807) is 24.3 Å². The number of nitrogens with one attached hydrogen (secondary N) is 3. The zero-order valence-electron chi connectivity index (χ0n) is 16.3. The smallest absolute Gasteiger partial charge is 0.325 e. The fourth-order valence-corrected chi connectivity index (χ4v) is 4.41. The Bertz CT molecular complexity index is 1080. The number of hydrogen-bond acceptors (Lipinski definition) is 6. The summed E-state index contributed by atoms with van der Waals surface area (Å²) < 4.78 is 39.5. The van der Waals surface area contributed by atoms with Crippen LogP contribution >= 0.6 is 23.4 Å². The molecule has 2 heterocycles. The summed E-state index contributed by atoms with van der Waals surface area (Å²) in [7, 11) is 0. The van der Waals surface area contributed by atoms with Crippen molar-refractivity contribution in [3.05, 3.63) is 59.1 Å². The molecule has 2 amide bonds. The van der Waals surface area contributed by atoms with Gasteiger partial charge in [-0.25, -0.2) is 10.4 Å². The molecule has 32 heavy (non-hydrogen) atoms. The fraction of sp³-hybridized carbons (Fsp3) is 0.250. The van der Waals surface area contributed by atoms with Gasteiger partial charge in [-0.2, -0.15) is 13.2 Å². The number of carbonyl (C=O) groups is 2. The molecule has 2 aliphatic rings. The molecule has 2 aliphatic heterocycles. The number of anilines is 2. The number of alkyl halides is 3. The first kappa shape index (κ1) is 22.6. The van der Waals surface area contributed by atoms with Gasteiger partial charge in [0, 0.05) is 11.6 Å². The molecule has 1 fully saturated rings. The van der Waals surface area contributed by atoms with Gasteiger partial charge in [-0.15, -0.1) is 0 Å². The Kier molecular flexibility index (Phi) is 6.42. The maximum atomic E-state index is 13.2. The van der Waals surface area contributed by atoms with Crippen molar-refractivity contribution in [1.29, 1.82) is 0 Å². The minimum atomic E-state index is -4.60. The largest absolute Gasteiger partial charge is 0.418 e. The molecule has 0 radical (unpaired) electrons. The number of carbonyl (C=O) groups excluding carboxylic acids is 2. The Labute approximate surface area is 190 Å². The second kappa shape index (κ2) is 9.10. The number of halogens is 4. The maximum absolute atomic E-state index is 13.2. The van der Waals surface area contributed by atoms with E-state index in [9.17, 15) is 22.8 Å². The number of thioether (sulfide) groups is 1. The minimum Gasteiger partial charge on any atom is -0.325 e. The predicted octanol–water partition coefficient (Wildman–Crippen LogP) is 3.48. The highest BCUT2D eigenvalue weighted by Gasteiger charge is 2.42. The maximum Gasteiger partial charge on any atom is 0.418 e. The Balaban J connectivity index is 1.53. The van der Waals surface area contributed by atoms with E-state index in [4.69, 9.17) is 11.6 Å². The summed E-state index contributed by atoms with van der Waals surface area (Å²) in [6, 6.07) is 11.4. The summed E-state index contributed by atoms with van der Waals surface area (Å²) in [5.74, 6) is -1.58. The second-order valence-electron chi connectivity index (χ2n) is 7.02. The van der Waals surface area contributed by atoms with Gasteiger partial charge in [-0.1, -0.05) is 41.6 Å². The van der Waals surface area contributed by atoms with Crippen LogP contribution < -0.4 is 21.1 Å². The third-order valence-corrected chi connectivity index (χ3v) is 6.02. The first-order chi connectivity index (χ1) is 15.2. The Morgan fingerprint density at radius 3 is 2.78 bits per heavy atom. The van der Waals surface area contributed by atoms with Gasteiger partial charge in [0.2, 0.25) is 11.8 Å². The molecule has 12 heteroatoms. The number of para-hydroxylation sites is 1. The lowest BCUT2D eigenvalue weighted by Gasteiger charge is -2.32. The van der Waals surface area contributed by atoms with Gasteiger partial charge >= 0.3 is 6.18 Å². The van der Waals surface area contributed by atoms with E-state index in [0.29, 0.717) is 17.3 Å². The molecule has 0 saturated carbocycles. The summed E-state index contributed by atoms with van der Waals surface area (Å²) in [6.45, 7) is 0.386. The van der Waals surface area contributed by atoms with Gasteiger partial charge in [0.15, 0.2) is 5.17 Å². The van der Waals surface area contributed by atoms with Crippen LogP contribution in [0.4, 0.5) is 24.5 Å². The monoisotopic (exact) mass is 483 g/mol. The molecule has 2 aromatic carbocycles. The fourth-order valence-electron chi connectivity index (χ4n) is 3.38. The molecule has 0 spiro atoms. The van der Waals surface area contributed by atoms with Crippen molar-refractivity contribution in [3.8, 4) is 0 Å². The molecule has 2 aromatic rings. The van der Waals surface area contributed by atoms with Crippen molar-refractivity contribution >= 4 is 51.7 Å². The summed E-state index contributed by atoms with van der Waals surface area (Å²) in [4.78, 5) is 31.4. The summed E-state index contributed by atoms with van der Waals surface area (Å²) >= 11 is 7.03. The molecular formula is C20H17ClF3N5O2S. The molecule has 2 unspecified atom stereocenters. The molecule has 4 rings (SSSR count). The quantitative estimate of drug-likeness (QED) is 0.620. The van der Waals surface area contributed by atoms with Crippen molar-refractivity contribution in [2.75, 3.05) is 22.5 Å².